The van der Waals surface area contributed by atoms with Crippen molar-refractivity contribution < 1.29 is 9.59 Å². The number of tetrazole rings is 1. The Morgan fingerprint density at radius 3 is 2.43 bits per heavy atom. The first-order chi connectivity index (χ1) is 6.61. The summed E-state index contributed by atoms with van der Waals surface area (Å²) in [5.41, 5.74) is 0. The van der Waals surface area contributed by atoms with Crippen LogP contribution in [0.1, 0.15) is 13.8 Å². The number of rotatable bonds is 4. The minimum Gasteiger partial charge on any atom is -0.297 e. The fourth-order valence-electron chi connectivity index (χ4n) is 0.757. The van der Waals surface area contributed by atoms with Gasteiger partial charge in [0.15, 0.2) is 17.6 Å². The van der Waals surface area contributed by atoms with Gasteiger partial charge in [-0.25, -0.2) is 0 Å². The van der Waals surface area contributed by atoms with Crippen LogP contribution in [0.4, 0.5) is 5.95 Å². The number of H-pyrrole nitrogens is 1. The largest absolute Gasteiger partial charge is 0.307 e. The topological polar surface area (TPSA) is 113 Å². The van der Waals surface area contributed by atoms with Gasteiger partial charge in [-0.2, -0.15) is 10.3 Å². The highest BCUT2D eigenvalue weighted by Gasteiger charge is 2.18. The maximum atomic E-state index is 10.9. The molecule has 14 heavy (non-hydrogen) atoms. The SMILES string of the molecule is CC(=O)C(N=Nc1nn[nH]n1)C(C)=O. The Kier molecular flexibility index (Phi) is 3.10. The second-order valence-electron chi connectivity index (χ2n) is 2.55. The lowest BCUT2D eigenvalue weighted by Gasteiger charge is -1.99. The fraction of sp³-hybridized carbons (Fsp3) is 0.500. The van der Waals surface area contributed by atoms with Gasteiger partial charge in [0.25, 0.3) is 0 Å². The molecule has 0 unspecified atom stereocenters. The third-order valence-corrected chi connectivity index (χ3v) is 1.37. The average molecular weight is 196 g/mol. The highest BCUT2D eigenvalue weighted by atomic mass is 16.2. The van der Waals surface area contributed by atoms with Crippen LogP contribution in [-0.4, -0.2) is 38.2 Å². The summed E-state index contributed by atoms with van der Waals surface area (Å²) in [6.07, 6.45) is 0. The lowest BCUT2D eigenvalue weighted by molar-refractivity contribution is -0.126. The van der Waals surface area contributed by atoms with E-state index in [0.717, 1.165) is 0 Å². The molecular formula is C6H8N6O2. The molecule has 0 saturated heterocycles. The second kappa shape index (κ2) is 4.30. The average Bonchev–Trinajstić information content (AvgIpc) is 2.55. The summed E-state index contributed by atoms with van der Waals surface area (Å²) >= 11 is 0. The number of Topliss-reactive ketones (excluding diaryl/α,β-unsaturated/α-hetero) is 2. The van der Waals surface area contributed by atoms with Crippen molar-refractivity contribution in [2.24, 2.45) is 10.2 Å². The van der Waals surface area contributed by atoms with Gasteiger partial charge < -0.3 is 0 Å². The van der Waals surface area contributed by atoms with E-state index in [-0.39, 0.29) is 17.5 Å². The van der Waals surface area contributed by atoms with Crippen LogP contribution >= 0.6 is 0 Å². The number of carbonyl (C=O) groups is 2. The van der Waals surface area contributed by atoms with E-state index in [1.807, 2.05) is 0 Å². The number of aromatic nitrogens is 4. The molecule has 0 spiro atoms. The van der Waals surface area contributed by atoms with Crippen molar-refractivity contribution in [3.63, 3.8) is 0 Å². The lowest BCUT2D eigenvalue weighted by Crippen LogP contribution is -2.23. The van der Waals surface area contributed by atoms with Crippen LogP contribution in [0.15, 0.2) is 10.2 Å². The van der Waals surface area contributed by atoms with E-state index in [1.54, 1.807) is 0 Å². The standard InChI is InChI=1S/C6H8N6O2/c1-3(13)5(4(2)14)7-8-6-9-11-12-10-6/h5H,1-2H3,(H,9,10,11,12). The fourth-order valence-corrected chi connectivity index (χ4v) is 0.757. The zero-order valence-electron chi connectivity index (χ0n) is 7.63. The molecule has 1 aromatic rings. The van der Waals surface area contributed by atoms with E-state index in [0.29, 0.717) is 0 Å². The van der Waals surface area contributed by atoms with Gasteiger partial charge in [-0.05, 0) is 19.1 Å². The molecule has 0 fully saturated rings. The van der Waals surface area contributed by atoms with Crippen LogP contribution in [0.5, 0.6) is 0 Å². The van der Waals surface area contributed by atoms with E-state index >= 15 is 0 Å². The van der Waals surface area contributed by atoms with Crippen molar-refractivity contribution in [3.8, 4) is 0 Å². The van der Waals surface area contributed by atoms with Crippen molar-refractivity contribution in [1.29, 1.82) is 0 Å². The first kappa shape index (κ1) is 10.1. The molecule has 8 heteroatoms. The molecule has 0 bridgehead atoms. The highest BCUT2D eigenvalue weighted by molar-refractivity contribution is 6.04. The molecule has 0 radical (unpaired) electrons. The summed E-state index contributed by atoms with van der Waals surface area (Å²) in [4.78, 5) is 21.8. The van der Waals surface area contributed by atoms with Crippen molar-refractivity contribution in [1.82, 2.24) is 20.6 Å². The molecule has 0 aromatic carbocycles. The zero-order chi connectivity index (χ0) is 10.6. The third kappa shape index (κ3) is 2.51. The summed E-state index contributed by atoms with van der Waals surface area (Å²) in [6.45, 7) is 2.53. The van der Waals surface area contributed by atoms with E-state index in [4.69, 9.17) is 0 Å². The lowest BCUT2D eigenvalue weighted by atomic mass is 10.1. The van der Waals surface area contributed by atoms with E-state index in [2.05, 4.69) is 30.9 Å². The van der Waals surface area contributed by atoms with Crippen LogP contribution in [0.2, 0.25) is 0 Å². The van der Waals surface area contributed by atoms with Crippen LogP contribution in [0.25, 0.3) is 0 Å². The van der Waals surface area contributed by atoms with Gasteiger partial charge >= 0.3 is 5.95 Å². The zero-order valence-corrected chi connectivity index (χ0v) is 7.63. The molecule has 0 aliphatic heterocycles. The van der Waals surface area contributed by atoms with Gasteiger partial charge in [0.05, 0.1) is 0 Å². The first-order valence-corrected chi connectivity index (χ1v) is 3.76. The minimum absolute atomic E-state index is 0.0162. The highest BCUT2D eigenvalue weighted by Crippen LogP contribution is 2.03. The maximum Gasteiger partial charge on any atom is 0.307 e. The molecule has 74 valence electrons. The molecule has 0 atom stereocenters. The normalized spacial score (nSPS) is 11.1. The van der Waals surface area contributed by atoms with Gasteiger partial charge in [0, 0.05) is 0 Å². The number of nitrogens with zero attached hydrogens (tertiary/aromatic N) is 5. The van der Waals surface area contributed by atoms with Gasteiger partial charge in [-0.15, -0.1) is 10.2 Å². The molecule has 0 aliphatic carbocycles. The van der Waals surface area contributed by atoms with E-state index < -0.39 is 6.04 Å². The number of carbonyl (C=O) groups excluding carboxylic acids is 2. The molecular weight excluding hydrogens is 188 g/mol. The molecule has 1 rings (SSSR count). The number of aromatic amines is 1. The minimum atomic E-state index is -1.08. The molecule has 1 aromatic heterocycles. The summed E-state index contributed by atoms with van der Waals surface area (Å²) in [5.74, 6) is -0.757. The van der Waals surface area contributed by atoms with Crippen LogP contribution in [0, 0.1) is 0 Å². The van der Waals surface area contributed by atoms with Crippen LogP contribution in [0.3, 0.4) is 0 Å². The number of hydrogen-bond acceptors (Lipinski definition) is 7. The third-order valence-electron chi connectivity index (χ3n) is 1.37. The van der Waals surface area contributed by atoms with Gasteiger partial charge in [-0.3, -0.25) is 9.59 Å². The summed E-state index contributed by atoms with van der Waals surface area (Å²) in [7, 11) is 0. The molecule has 0 amide bonds. The Labute approximate surface area is 78.8 Å². The number of nitrogens with one attached hydrogen (secondary N) is 1. The van der Waals surface area contributed by atoms with Crippen LogP contribution in [-0.2, 0) is 9.59 Å². The quantitative estimate of drug-likeness (QED) is 0.530. The number of azo groups is 1. The molecule has 1 N–H and O–H groups in total. The van der Waals surface area contributed by atoms with E-state index in [9.17, 15) is 9.59 Å². The smallest absolute Gasteiger partial charge is 0.297 e. The predicted octanol–water partition coefficient (Wildman–Crippen LogP) is -0.170. The van der Waals surface area contributed by atoms with Crippen molar-refractivity contribution in [2.75, 3.05) is 0 Å². The Balaban J connectivity index is 2.74. The maximum absolute atomic E-state index is 10.9. The monoisotopic (exact) mass is 196 g/mol. The van der Waals surface area contributed by atoms with Crippen molar-refractivity contribution in [2.45, 2.75) is 19.9 Å². The molecule has 0 aliphatic rings. The van der Waals surface area contributed by atoms with Crippen LogP contribution < -0.4 is 0 Å². The number of hydrogen-bond donors (Lipinski definition) is 1. The van der Waals surface area contributed by atoms with E-state index in [1.165, 1.54) is 13.8 Å². The Bertz CT molecular complexity index is 342. The van der Waals surface area contributed by atoms with Gasteiger partial charge in [0.1, 0.15) is 0 Å². The Hall–Kier alpha value is -1.99. The first-order valence-electron chi connectivity index (χ1n) is 3.76. The van der Waals surface area contributed by atoms with Crippen molar-refractivity contribution in [3.05, 3.63) is 0 Å². The van der Waals surface area contributed by atoms with Gasteiger partial charge in [0.2, 0.25) is 0 Å². The second-order valence-corrected chi connectivity index (χ2v) is 2.55. The number of ketones is 2. The summed E-state index contributed by atoms with van der Waals surface area (Å²) in [6, 6.07) is -1.08. The van der Waals surface area contributed by atoms with Gasteiger partial charge in [-0.1, -0.05) is 5.10 Å². The predicted molar refractivity (Wildman–Crippen MR) is 43.8 cm³/mol. The Morgan fingerprint density at radius 1 is 1.36 bits per heavy atom. The Morgan fingerprint density at radius 2 is 2.00 bits per heavy atom. The molecule has 0 saturated carbocycles. The van der Waals surface area contributed by atoms with Crippen molar-refractivity contribution >= 4 is 17.5 Å². The molecule has 1 heterocycles. The molecule has 8 nitrogen and oxygen atoms in total. The summed E-state index contributed by atoms with van der Waals surface area (Å²) < 4.78 is 0. The summed E-state index contributed by atoms with van der Waals surface area (Å²) in [5, 5.41) is 19.3.